The van der Waals surface area contributed by atoms with Crippen LogP contribution in [0.1, 0.15) is 51.1 Å². The molecular weight excluding hydrogens is 274 g/mol. The summed E-state index contributed by atoms with van der Waals surface area (Å²) >= 11 is 6.09. The van der Waals surface area contributed by atoms with Gasteiger partial charge in [-0.3, -0.25) is 9.69 Å². The highest BCUT2D eigenvalue weighted by Crippen LogP contribution is 2.41. The van der Waals surface area contributed by atoms with Gasteiger partial charge in [-0.15, -0.1) is 0 Å². The fourth-order valence-electron chi connectivity index (χ4n) is 3.46. The van der Waals surface area contributed by atoms with Gasteiger partial charge in [-0.25, -0.2) is 0 Å². The first kappa shape index (κ1) is 15.3. The molecule has 2 rings (SSSR count). The molecule has 2 atom stereocenters. The van der Waals surface area contributed by atoms with Crippen molar-refractivity contribution in [2.45, 2.75) is 51.1 Å². The molecule has 0 amide bonds. The molecule has 0 spiro atoms. The maximum absolute atomic E-state index is 11.8. The molecule has 110 valence electrons. The van der Waals surface area contributed by atoms with Gasteiger partial charge in [0.2, 0.25) is 0 Å². The molecule has 1 fully saturated rings. The second-order valence-corrected chi connectivity index (χ2v) is 5.90. The Morgan fingerprint density at radius 1 is 1.50 bits per heavy atom. The van der Waals surface area contributed by atoms with E-state index in [1.807, 2.05) is 31.2 Å². The summed E-state index contributed by atoms with van der Waals surface area (Å²) in [6, 6.07) is 7.90. The van der Waals surface area contributed by atoms with Gasteiger partial charge >= 0.3 is 5.97 Å². The third-order valence-electron chi connectivity index (χ3n) is 4.52. The molecule has 0 saturated carbocycles. The van der Waals surface area contributed by atoms with Crippen LogP contribution in [-0.4, -0.2) is 28.1 Å². The zero-order valence-electron chi connectivity index (χ0n) is 12.1. The van der Waals surface area contributed by atoms with Crippen molar-refractivity contribution in [1.29, 1.82) is 0 Å². The normalized spacial score (nSPS) is 24.8. The van der Waals surface area contributed by atoms with Crippen LogP contribution in [0.2, 0.25) is 5.02 Å². The second kappa shape index (κ2) is 6.15. The van der Waals surface area contributed by atoms with Crippen molar-refractivity contribution in [3.63, 3.8) is 0 Å². The lowest BCUT2D eigenvalue weighted by atomic mass is 9.90. The number of carbonyl (C=O) groups is 1. The zero-order chi connectivity index (χ0) is 14.8. The zero-order valence-corrected chi connectivity index (χ0v) is 12.9. The van der Waals surface area contributed by atoms with E-state index in [4.69, 9.17) is 11.6 Å². The van der Waals surface area contributed by atoms with Gasteiger partial charge in [-0.2, -0.15) is 0 Å². The number of halogens is 1. The van der Waals surface area contributed by atoms with Gasteiger partial charge in [0.25, 0.3) is 0 Å². The Kier molecular flexibility index (Phi) is 4.71. The van der Waals surface area contributed by atoms with Crippen LogP contribution < -0.4 is 0 Å². The van der Waals surface area contributed by atoms with Gasteiger partial charge < -0.3 is 5.11 Å². The molecule has 2 unspecified atom stereocenters. The SMILES string of the molecule is CCC(c1cccc(Cl)c1)N1CCCC1(CC)C(=O)O. The maximum atomic E-state index is 11.8. The van der Waals surface area contributed by atoms with E-state index in [9.17, 15) is 9.90 Å². The summed E-state index contributed by atoms with van der Waals surface area (Å²) in [5.41, 5.74) is 0.393. The van der Waals surface area contributed by atoms with Crippen molar-refractivity contribution in [1.82, 2.24) is 4.90 Å². The number of hydrogen-bond donors (Lipinski definition) is 1. The van der Waals surface area contributed by atoms with E-state index in [1.165, 1.54) is 0 Å². The first-order valence-corrected chi connectivity index (χ1v) is 7.68. The van der Waals surface area contributed by atoms with Crippen molar-refractivity contribution in [3.8, 4) is 0 Å². The minimum absolute atomic E-state index is 0.118. The van der Waals surface area contributed by atoms with Gasteiger partial charge in [-0.05, 0) is 49.9 Å². The number of likely N-dealkylation sites (tertiary alicyclic amines) is 1. The maximum Gasteiger partial charge on any atom is 0.324 e. The summed E-state index contributed by atoms with van der Waals surface area (Å²) < 4.78 is 0. The number of nitrogens with zero attached hydrogens (tertiary/aromatic N) is 1. The molecule has 1 aromatic carbocycles. The number of benzene rings is 1. The highest BCUT2D eigenvalue weighted by molar-refractivity contribution is 6.30. The summed E-state index contributed by atoms with van der Waals surface area (Å²) in [6.07, 6.45) is 3.20. The van der Waals surface area contributed by atoms with Crippen molar-refractivity contribution in [3.05, 3.63) is 34.9 Å². The molecule has 0 aliphatic carbocycles. The molecule has 0 radical (unpaired) electrons. The lowest BCUT2D eigenvalue weighted by Crippen LogP contribution is -2.51. The number of aliphatic carboxylic acids is 1. The van der Waals surface area contributed by atoms with Gasteiger partial charge in [0.05, 0.1) is 0 Å². The molecule has 0 bridgehead atoms. The lowest BCUT2D eigenvalue weighted by molar-refractivity contribution is -0.151. The molecule has 1 aliphatic rings. The molecule has 0 aromatic heterocycles. The van der Waals surface area contributed by atoms with E-state index >= 15 is 0 Å². The monoisotopic (exact) mass is 295 g/mol. The molecule has 1 aliphatic heterocycles. The fraction of sp³-hybridized carbons (Fsp3) is 0.562. The quantitative estimate of drug-likeness (QED) is 0.888. The van der Waals surface area contributed by atoms with Crippen LogP contribution in [-0.2, 0) is 4.79 Å². The Morgan fingerprint density at radius 2 is 2.25 bits per heavy atom. The number of carboxylic acid groups (broad SMARTS) is 1. The molecule has 1 aromatic rings. The van der Waals surface area contributed by atoms with Crippen molar-refractivity contribution in [2.24, 2.45) is 0 Å². The van der Waals surface area contributed by atoms with Crippen LogP contribution in [0.5, 0.6) is 0 Å². The first-order valence-electron chi connectivity index (χ1n) is 7.30. The third kappa shape index (κ3) is 2.57. The third-order valence-corrected chi connectivity index (χ3v) is 4.75. The van der Waals surface area contributed by atoms with Crippen LogP contribution in [0.4, 0.5) is 0 Å². The molecule has 20 heavy (non-hydrogen) atoms. The molecule has 4 heteroatoms. The molecule has 1 N–H and O–H groups in total. The molecular formula is C16H22ClNO2. The predicted octanol–water partition coefficient (Wildman–Crippen LogP) is 4.12. The Hall–Kier alpha value is -1.06. The highest BCUT2D eigenvalue weighted by Gasteiger charge is 2.48. The van der Waals surface area contributed by atoms with Crippen molar-refractivity contribution in [2.75, 3.05) is 6.54 Å². The average molecular weight is 296 g/mol. The van der Waals surface area contributed by atoms with Crippen LogP contribution in [0.25, 0.3) is 0 Å². The minimum Gasteiger partial charge on any atom is -0.480 e. The van der Waals surface area contributed by atoms with Gasteiger partial charge in [0.15, 0.2) is 0 Å². The summed E-state index contributed by atoms with van der Waals surface area (Å²) in [5.74, 6) is -0.696. The largest absolute Gasteiger partial charge is 0.480 e. The summed E-state index contributed by atoms with van der Waals surface area (Å²) in [4.78, 5) is 14.0. The summed E-state index contributed by atoms with van der Waals surface area (Å²) in [6.45, 7) is 4.91. The Balaban J connectivity index is 2.38. The van der Waals surface area contributed by atoms with E-state index in [-0.39, 0.29) is 6.04 Å². The van der Waals surface area contributed by atoms with Crippen molar-refractivity contribution >= 4 is 17.6 Å². The van der Waals surface area contributed by atoms with Crippen LogP contribution >= 0.6 is 11.6 Å². The Bertz CT molecular complexity index is 491. The second-order valence-electron chi connectivity index (χ2n) is 5.47. The average Bonchev–Trinajstić information content (AvgIpc) is 2.85. The first-order chi connectivity index (χ1) is 9.55. The Morgan fingerprint density at radius 3 is 2.80 bits per heavy atom. The van der Waals surface area contributed by atoms with Crippen LogP contribution in [0.15, 0.2) is 24.3 Å². The predicted molar refractivity (Wildman–Crippen MR) is 81.1 cm³/mol. The minimum atomic E-state index is -0.719. The van der Waals surface area contributed by atoms with Gasteiger partial charge in [0.1, 0.15) is 5.54 Å². The van der Waals surface area contributed by atoms with Gasteiger partial charge in [0, 0.05) is 11.1 Å². The lowest BCUT2D eigenvalue weighted by Gasteiger charge is -2.39. The van der Waals surface area contributed by atoms with E-state index in [0.717, 1.165) is 31.4 Å². The Labute approximate surface area is 125 Å². The summed E-state index contributed by atoms with van der Waals surface area (Å²) in [7, 11) is 0. The van der Waals surface area contributed by atoms with Crippen molar-refractivity contribution < 1.29 is 9.90 Å². The van der Waals surface area contributed by atoms with E-state index in [2.05, 4.69) is 11.8 Å². The van der Waals surface area contributed by atoms with E-state index < -0.39 is 11.5 Å². The molecule has 1 heterocycles. The van der Waals surface area contributed by atoms with E-state index in [0.29, 0.717) is 11.4 Å². The van der Waals surface area contributed by atoms with Gasteiger partial charge in [-0.1, -0.05) is 37.6 Å². The molecule has 1 saturated heterocycles. The highest BCUT2D eigenvalue weighted by atomic mass is 35.5. The summed E-state index contributed by atoms with van der Waals surface area (Å²) in [5, 5.41) is 10.4. The number of hydrogen-bond acceptors (Lipinski definition) is 2. The van der Waals surface area contributed by atoms with E-state index in [1.54, 1.807) is 0 Å². The number of rotatable bonds is 5. The topological polar surface area (TPSA) is 40.5 Å². The number of carboxylic acids is 1. The fourth-order valence-corrected chi connectivity index (χ4v) is 3.66. The smallest absolute Gasteiger partial charge is 0.324 e. The van der Waals surface area contributed by atoms with Crippen LogP contribution in [0.3, 0.4) is 0 Å². The molecule has 3 nitrogen and oxygen atoms in total. The van der Waals surface area contributed by atoms with Crippen LogP contribution in [0, 0.1) is 0 Å². The standard InChI is InChI=1S/C16H22ClNO2/c1-3-14(12-7-5-8-13(17)11-12)18-10-6-9-16(18,4-2)15(19)20/h5,7-8,11,14H,3-4,6,9-10H2,1-2H3,(H,19,20).